The molecule has 2 N–H and O–H groups in total. The summed E-state index contributed by atoms with van der Waals surface area (Å²) >= 11 is 0. The minimum Gasteiger partial charge on any atom is -0.392 e. The van der Waals surface area contributed by atoms with Gasteiger partial charge < -0.3 is 24.8 Å². The van der Waals surface area contributed by atoms with E-state index in [9.17, 15) is 31.9 Å². The molecule has 6 rings (SSSR count). The summed E-state index contributed by atoms with van der Waals surface area (Å²) in [5.41, 5.74) is 0.840. The predicted octanol–water partition coefficient (Wildman–Crippen LogP) is 6.48. The number of hydrogen-bond acceptors (Lipinski definition) is 6. The van der Waals surface area contributed by atoms with Gasteiger partial charge in [0.25, 0.3) is 5.91 Å². The molecule has 12 heteroatoms. The Morgan fingerprint density at radius 1 is 0.809 bits per heavy atom. The summed E-state index contributed by atoms with van der Waals surface area (Å²) in [6, 6.07) is 14.2. The number of aliphatic hydroxyl groups is 1. The van der Waals surface area contributed by atoms with Gasteiger partial charge in [-0.15, -0.1) is 0 Å². The minimum atomic E-state index is -2.34. The van der Waals surface area contributed by atoms with Crippen molar-refractivity contribution in [1.29, 1.82) is 0 Å². The van der Waals surface area contributed by atoms with Crippen LogP contribution in [0.25, 0.3) is 0 Å². The fourth-order valence-corrected chi connectivity index (χ4v) is 6.89. The third-order valence-corrected chi connectivity index (χ3v) is 9.58. The molecule has 5 atom stereocenters. The van der Waals surface area contributed by atoms with Gasteiger partial charge in [0.05, 0.1) is 18.8 Å². The molecule has 0 radical (unpaired) electrons. The molecule has 3 heterocycles. The molecule has 0 aromatic heterocycles. The van der Waals surface area contributed by atoms with Crippen molar-refractivity contribution in [2.24, 2.45) is 5.92 Å². The van der Waals surface area contributed by atoms with Crippen molar-refractivity contribution in [3.8, 4) is 0 Å². The molecule has 252 valence electrons. The van der Waals surface area contributed by atoms with Gasteiger partial charge in [-0.3, -0.25) is 9.69 Å². The predicted molar refractivity (Wildman–Crippen MR) is 164 cm³/mol. The van der Waals surface area contributed by atoms with E-state index in [0.29, 0.717) is 11.6 Å². The molecular weight excluding hydrogens is 621 g/mol. The third kappa shape index (κ3) is 7.07. The SMILES string of the molecule is CC1C(CN2CCCC2CN2CCCC2)OC(c2ccc(NC(=O)c3c(F)c(F)c(F)c(F)c3F)cc2)OC1c1ccc(CO)cc1. The van der Waals surface area contributed by atoms with Gasteiger partial charge in [0.15, 0.2) is 29.6 Å². The lowest BCUT2D eigenvalue weighted by Gasteiger charge is -2.43. The highest BCUT2D eigenvalue weighted by molar-refractivity contribution is 6.04. The van der Waals surface area contributed by atoms with E-state index in [4.69, 9.17) is 9.47 Å². The molecule has 3 fully saturated rings. The molecule has 0 bridgehead atoms. The Labute approximate surface area is 270 Å². The lowest BCUT2D eigenvalue weighted by atomic mass is 9.90. The van der Waals surface area contributed by atoms with Crippen LogP contribution in [0.3, 0.4) is 0 Å². The number of amides is 1. The van der Waals surface area contributed by atoms with E-state index in [1.807, 2.05) is 24.3 Å². The molecule has 47 heavy (non-hydrogen) atoms. The van der Waals surface area contributed by atoms with Gasteiger partial charge in [0.1, 0.15) is 5.56 Å². The molecule has 3 saturated heterocycles. The number of ether oxygens (including phenoxy) is 2. The zero-order valence-electron chi connectivity index (χ0n) is 26.0. The Hall–Kier alpha value is -3.42. The minimum absolute atomic E-state index is 0.0147. The molecule has 5 unspecified atom stereocenters. The number of rotatable bonds is 9. The summed E-state index contributed by atoms with van der Waals surface area (Å²) in [4.78, 5) is 17.6. The summed E-state index contributed by atoms with van der Waals surface area (Å²) in [7, 11) is 0. The van der Waals surface area contributed by atoms with Gasteiger partial charge in [0.2, 0.25) is 5.82 Å². The number of anilines is 1. The molecule has 7 nitrogen and oxygen atoms in total. The molecule has 3 aliphatic rings. The zero-order chi connectivity index (χ0) is 33.2. The van der Waals surface area contributed by atoms with Crippen LogP contribution in [0.1, 0.15) is 72.0 Å². The molecule has 3 aromatic rings. The van der Waals surface area contributed by atoms with Crippen molar-refractivity contribution >= 4 is 11.6 Å². The summed E-state index contributed by atoms with van der Waals surface area (Å²) in [6.07, 6.45) is 3.43. The normalized spacial score (nSPS) is 25.4. The van der Waals surface area contributed by atoms with Crippen LogP contribution in [0.4, 0.5) is 27.6 Å². The molecule has 3 aliphatic heterocycles. The number of likely N-dealkylation sites (tertiary alicyclic amines) is 2. The van der Waals surface area contributed by atoms with Crippen molar-refractivity contribution in [1.82, 2.24) is 9.80 Å². The number of nitrogens with zero attached hydrogens (tertiary/aromatic N) is 2. The lowest BCUT2D eigenvalue weighted by Crippen LogP contribution is -2.48. The molecule has 0 aliphatic carbocycles. The van der Waals surface area contributed by atoms with Crippen LogP contribution >= 0.6 is 0 Å². The van der Waals surface area contributed by atoms with E-state index in [1.165, 1.54) is 25.0 Å². The summed E-state index contributed by atoms with van der Waals surface area (Å²) < 4.78 is 82.3. The standard InChI is InChI=1S/C35H38F5N3O4/c1-20-26(18-43-16-4-5-25(43)17-42-14-2-3-15-42)46-35(47-33(20)22-8-6-21(19-44)7-9-22)23-10-12-24(13-11-23)41-34(45)27-28(36)30(38)32(40)31(39)29(27)37/h6-13,20,25-26,33,35,44H,2-5,14-19H2,1H3,(H,41,45). The first-order valence-corrected chi connectivity index (χ1v) is 16.0. The Bertz CT molecular complexity index is 1540. The number of halogens is 5. The fourth-order valence-electron chi connectivity index (χ4n) is 6.89. The second kappa shape index (κ2) is 14.4. The number of carbonyl (C=O) groups is 1. The van der Waals surface area contributed by atoms with E-state index in [1.54, 1.807) is 12.1 Å². The first kappa shape index (κ1) is 33.5. The van der Waals surface area contributed by atoms with E-state index < -0.39 is 46.8 Å². The topological polar surface area (TPSA) is 74.3 Å². The quantitative estimate of drug-likeness (QED) is 0.156. The maximum absolute atomic E-state index is 14.2. The van der Waals surface area contributed by atoms with Crippen LogP contribution in [0.2, 0.25) is 0 Å². The Kier molecular flexibility index (Phi) is 10.2. The highest BCUT2D eigenvalue weighted by Crippen LogP contribution is 2.42. The first-order chi connectivity index (χ1) is 22.6. The second-order valence-electron chi connectivity index (χ2n) is 12.6. The van der Waals surface area contributed by atoms with E-state index in [2.05, 4.69) is 22.0 Å². The molecule has 0 saturated carbocycles. The first-order valence-electron chi connectivity index (χ1n) is 16.0. The number of hydrogen-bond donors (Lipinski definition) is 2. The van der Waals surface area contributed by atoms with Crippen molar-refractivity contribution in [2.75, 3.05) is 38.0 Å². The van der Waals surface area contributed by atoms with Crippen LogP contribution in [0.15, 0.2) is 48.5 Å². The van der Waals surface area contributed by atoms with Gasteiger partial charge >= 0.3 is 0 Å². The van der Waals surface area contributed by atoms with E-state index in [-0.39, 0.29) is 30.4 Å². The lowest BCUT2D eigenvalue weighted by molar-refractivity contribution is -0.276. The van der Waals surface area contributed by atoms with Crippen molar-refractivity contribution in [3.63, 3.8) is 0 Å². The van der Waals surface area contributed by atoms with Crippen LogP contribution in [0.5, 0.6) is 0 Å². The van der Waals surface area contributed by atoms with Gasteiger partial charge in [0, 0.05) is 36.3 Å². The van der Waals surface area contributed by atoms with Gasteiger partial charge in [-0.05, 0) is 68.6 Å². The molecule has 1 amide bonds. The van der Waals surface area contributed by atoms with Crippen molar-refractivity contribution in [3.05, 3.63) is 99.9 Å². The van der Waals surface area contributed by atoms with Crippen LogP contribution < -0.4 is 5.32 Å². The van der Waals surface area contributed by atoms with E-state index >= 15 is 0 Å². The van der Waals surface area contributed by atoms with Crippen molar-refractivity contribution in [2.45, 2.75) is 63.8 Å². The highest BCUT2D eigenvalue weighted by Gasteiger charge is 2.41. The summed E-state index contributed by atoms with van der Waals surface area (Å²) in [6.45, 7) is 7.07. The molecular formula is C35H38F5N3O4. The number of carbonyl (C=O) groups excluding carboxylic acids is 1. The van der Waals surface area contributed by atoms with Crippen LogP contribution in [-0.2, 0) is 16.1 Å². The van der Waals surface area contributed by atoms with Gasteiger partial charge in [-0.2, -0.15) is 0 Å². The Balaban J connectivity index is 1.21. The molecule has 3 aromatic carbocycles. The second-order valence-corrected chi connectivity index (χ2v) is 12.6. The highest BCUT2D eigenvalue weighted by atomic mass is 19.2. The Morgan fingerprint density at radius 3 is 2.06 bits per heavy atom. The number of aliphatic hydroxyl groups excluding tert-OH is 1. The molecule has 0 spiro atoms. The number of nitrogens with one attached hydrogen (secondary N) is 1. The van der Waals surface area contributed by atoms with Crippen LogP contribution in [-0.4, -0.2) is 65.7 Å². The van der Waals surface area contributed by atoms with Crippen molar-refractivity contribution < 1.29 is 41.3 Å². The maximum atomic E-state index is 14.2. The number of benzene rings is 3. The fraction of sp³-hybridized carbons (Fsp3) is 0.457. The van der Waals surface area contributed by atoms with Crippen LogP contribution in [0, 0.1) is 35.0 Å². The third-order valence-electron chi connectivity index (χ3n) is 9.58. The smallest absolute Gasteiger partial charge is 0.261 e. The van der Waals surface area contributed by atoms with Gasteiger partial charge in [-0.1, -0.05) is 43.3 Å². The van der Waals surface area contributed by atoms with E-state index in [0.717, 1.165) is 56.7 Å². The average Bonchev–Trinajstić information content (AvgIpc) is 3.77. The van der Waals surface area contributed by atoms with Gasteiger partial charge in [-0.25, -0.2) is 22.0 Å². The summed E-state index contributed by atoms with van der Waals surface area (Å²) in [5, 5.41) is 11.7. The maximum Gasteiger partial charge on any atom is 0.261 e. The largest absolute Gasteiger partial charge is 0.392 e. The Morgan fingerprint density at radius 2 is 1.43 bits per heavy atom. The summed E-state index contributed by atoms with van der Waals surface area (Å²) in [5.74, 6) is -12.6. The monoisotopic (exact) mass is 659 g/mol. The average molecular weight is 660 g/mol. The zero-order valence-corrected chi connectivity index (χ0v) is 26.0.